The van der Waals surface area contributed by atoms with E-state index in [-0.39, 0.29) is 11.4 Å². The average Bonchev–Trinajstić information content (AvgIpc) is 2.19. The van der Waals surface area contributed by atoms with Gasteiger partial charge in [0.25, 0.3) is 0 Å². The van der Waals surface area contributed by atoms with Crippen LogP contribution in [0.25, 0.3) is 0 Å². The lowest BCUT2D eigenvalue weighted by Crippen LogP contribution is -2.17. The molecule has 0 saturated carbocycles. The van der Waals surface area contributed by atoms with Gasteiger partial charge in [0.05, 0.1) is 16.3 Å². The zero-order chi connectivity index (χ0) is 14.0. The van der Waals surface area contributed by atoms with Gasteiger partial charge < -0.3 is 0 Å². The van der Waals surface area contributed by atoms with Crippen molar-refractivity contribution in [3.63, 3.8) is 0 Å². The van der Waals surface area contributed by atoms with Crippen molar-refractivity contribution in [2.45, 2.75) is 18.2 Å². The fourth-order valence-electron chi connectivity index (χ4n) is 1.24. The highest BCUT2D eigenvalue weighted by atomic mass is 32.2. The molecular weight excluding hydrogens is 283 g/mol. The molecule has 0 fully saturated rings. The second kappa shape index (κ2) is 5.21. The predicted octanol–water partition coefficient (Wildman–Crippen LogP) is 0.625. The summed E-state index contributed by atoms with van der Waals surface area (Å²) in [5, 5.41) is 4.82. The zero-order valence-corrected chi connectivity index (χ0v) is 11.2. The first-order valence-electron chi connectivity index (χ1n) is 4.98. The van der Waals surface area contributed by atoms with E-state index in [0.717, 1.165) is 12.1 Å². The van der Waals surface area contributed by atoms with Crippen molar-refractivity contribution in [1.82, 2.24) is 0 Å². The number of anilines is 1. The van der Waals surface area contributed by atoms with Crippen LogP contribution in [0.3, 0.4) is 0 Å². The topological polar surface area (TPSA) is 106 Å². The molecule has 9 heteroatoms. The molecule has 0 amide bonds. The monoisotopic (exact) mass is 296 g/mol. The second-order valence-electron chi connectivity index (χ2n) is 3.61. The van der Waals surface area contributed by atoms with Crippen LogP contribution in [0.4, 0.5) is 10.1 Å². The Kier molecular flexibility index (Phi) is 4.30. The Hall–Kier alpha value is -1.19. The molecule has 0 aliphatic rings. The third-order valence-corrected chi connectivity index (χ3v) is 4.40. The Balaban J connectivity index is 3.08. The number of halogens is 1. The Morgan fingerprint density at radius 3 is 2.33 bits per heavy atom. The molecule has 0 unspecified atom stereocenters. The summed E-state index contributed by atoms with van der Waals surface area (Å²) in [6, 6.07) is 2.71. The first-order valence-corrected chi connectivity index (χ1v) is 8.18. The molecule has 0 heterocycles. The number of nitrogens with one attached hydrogen (secondary N) is 1. The Bertz CT molecular complexity index is 641. The number of primary sulfonamides is 1. The summed E-state index contributed by atoms with van der Waals surface area (Å²) in [5.41, 5.74) is -0.309. The van der Waals surface area contributed by atoms with Crippen LogP contribution < -0.4 is 9.86 Å². The second-order valence-corrected chi connectivity index (χ2v) is 7.01. The van der Waals surface area contributed by atoms with Gasteiger partial charge in [-0.3, -0.25) is 4.72 Å². The normalized spacial score (nSPS) is 12.4. The number of hydrogen-bond donors (Lipinski definition) is 2. The van der Waals surface area contributed by atoms with E-state index in [2.05, 4.69) is 0 Å². The number of benzene rings is 1. The van der Waals surface area contributed by atoms with E-state index in [1.165, 1.54) is 0 Å². The van der Waals surface area contributed by atoms with Crippen molar-refractivity contribution in [1.29, 1.82) is 0 Å². The molecule has 0 atom stereocenters. The SMILES string of the molecule is CCCS(=O)(=O)Nc1ccc(S(N)(=O)=O)cc1F. The van der Waals surface area contributed by atoms with Gasteiger partial charge >= 0.3 is 0 Å². The molecule has 1 aromatic rings. The minimum atomic E-state index is -4.01. The molecule has 18 heavy (non-hydrogen) atoms. The Labute approximate surface area is 105 Å². The smallest absolute Gasteiger partial charge is 0.238 e. The highest BCUT2D eigenvalue weighted by Crippen LogP contribution is 2.19. The van der Waals surface area contributed by atoms with Gasteiger partial charge in [-0.2, -0.15) is 0 Å². The predicted molar refractivity (Wildman–Crippen MR) is 65.5 cm³/mol. The van der Waals surface area contributed by atoms with Crippen LogP contribution in [0.5, 0.6) is 0 Å². The van der Waals surface area contributed by atoms with Gasteiger partial charge in [-0.1, -0.05) is 6.92 Å². The lowest BCUT2D eigenvalue weighted by atomic mass is 10.3. The summed E-state index contributed by atoms with van der Waals surface area (Å²) in [7, 11) is -7.64. The highest BCUT2D eigenvalue weighted by Gasteiger charge is 2.15. The standard InChI is InChI=1S/C9H13FN2O4S2/c1-2-5-17(13,14)12-9-4-3-7(6-8(9)10)18(11,15)16/h3-4,6,12H,2,5H2,1H3,(H2,11,15,16). The van der Waals surface area contributed by atoms with E-state index in [4.69, 9.17) is 5.14 Å². The zero-order valence-electron chi connectivity index (χ0n) is 9.55. The maximum atomic E-state index is 13.5. The quantitative estimate of drug-likeness (QED) is 0.830. The van der Waals surface area contributed by atoms with E-state index in [1.807, 2.05) is 4.72 Å². The van der Waals surface area contributed by atoms with Crippen molar-refractivity contribution in [3.8, 4) is 0 Å². The molecule has 1 aromatic carbocycles. The largest absolute Gasteiger partial charge is 0.281 e. The fraction of sp³-hybridized carbons (Fsp3) is 0.333. The summed E-state index contributed by atoms with van der Waals surface area (Å²) in [5.74, 6) is -1.15. The molecule has 0 aromatic heterocycles. The van der Waals surface area contributed by atoms with Gasteiger partial charge in [-0.15, -0.1) is 0 Å². The molecule has 1 rings (SSSR count). The summed E-state index contributed by atoms with van der Waals surface area (Å²) >= 11 is 0. The lowest BCUT2D eigenvalue weighted by Gasteiger charge is -2.08. The minimum Gasteiger partial charge on any atom is -0.281 e. The van der Waals surface area contributed by atoms with Crippen LogP contribution >= 0.6 is 0 Å². The maximum Gasteiger partial charge on any atom is 0.238 e. The van der Waals surface area contributed by atoms with E-state index in [9.17, 15) is 21.2 Å². The lowest BCUT2D eigenvalue weighted by molar-refractivity contribution is 0.592. The van der Waals surface area contributed by atoms with Crippen molar-refractivity contribution < 1.29 is 21.2 Å². The molecule has 3 N–H and O–H groups in total. The molecule has 6 nitrogen and oxygen atoms in total. The van der Waals surface area contributed by atoms with Crippen LogP contribution in [-0.4, -0.2) is 22.6 Å². The van der Waals surface area contributed by atoms with Gasteiger partial charge in [0.2, 0.25) is 20.0 Å². The third kappa shape index (κ3) is 3.93. The molecule has 0 aliphatic heterocycles. The van der Waals surface area contributed by atoms with Crippen LogP contribution in [0, 0.1) is 5.82 Å². The van der Waals surface area contributed by atoms with Crippen LogP contribution in [0.2, 0.25) is 0 Å². The molecule has 102 valence electrons. The summed E-state index contributed by atoms with van der Waals surface area (Å²) in [4.78, 5) is -0.418. The van der Waals surface area contributed by atoms with E-state index < -0.39 is 30.8 Å². The number of rotatable bonds is 5. The average molecular weight is 296 g/mol. The molecular formula is C9H13FN2O4S2. The number of hydrogen-bond acceptors (Lipinski definition) is 4. The van der Waals surface area contributed by atoms with Gasteiger partial charge in [0.15, 0.2) is 0 Å². The van der Waals surface area contributed by atoms with Crippen molar-refractivity contribution in [3.05, 3.63) is 24.0 Å². The number of nitrogens with two attached hydrogens (primary N) is 1. The minimum absolute atomic E-state index is 0.149. The maximum absolute atomic E-state index is 13.5. The highest BCUT2D eigenvalue weighted by molar-refractivity contribution is 7.92. The third-order valence-electron chi connectivity index (χ3n) is 2.01. The van der Waals surface area contributed by atoms with Crippen LogP contribution in [0.1, 0.15) is 13.3 Å². The summed E-state index contributed by atoms with van der Waals surface area (Å²) in [6.45, 7) is 1.67. The van der Waals surface area contributed by atoms with Crippen LogP contribution in [0.15, 0.2) is 23.1 Å². The van der Waals surface area contributed by atoms with E-state index in [0.29, 0.717) is 12.5 Å². The van der Waals surface area contributed by atoms with Crippen molar-refractivity contribution in [2.24, 2.45) is 5.14 Å². The molecule has 0 aliphatic carbocycles. The van der Waals surface area contributed by atoms with E-state index >= 15 is 0 Å². The van der Waals surface area contributed by atoms with Gasteiger partial charge in [-0.05, 0) is 24.6 Å². The first-order chi connectivity index (χ1) is 8.15. The molecule has 0 radical (unpaired) electrons. The van der Waals surface area contributed by atoms with Gasteiger partial charge in [0.1, 0.15) is 5.82 Å². The Morgan fingerprint density at radius 1 is 1.28 bits per heavy atom. The molecule has 0 bridgehead atoms. The van der Waals surface area contributed by atoms with E-state index in [1.54, 1.807) is 6.92 Å². The Morgan fingerprint density at radius 2 is 1.89 bits per heavy atom. The summed E-state index contributed by atoms with van der Waals surface area (Å²) < 4.78 is 60.3. The van der Waals surface area contributed by atoms with Crippen molar-refractivity contribution in [2.75, 3.05) is 10.5 Å². The van der Waals surface area contributed by atoms with Crippen LogP contribution in [-0.2, 0) is 20.0 Å². The summed E-state index contributed by atoms with van der Waals surface area (Å²) in [6.07, 6.45) is 0.381. The number of sulfonamides is 2. The first kappa shape index (κ1) is 14.9. The molecule has 0 saturated heterocycles. The molecule has 0 spiro atoms. The van der Waals surface area contributed by atoms with Gasteiger partial charge in [0, 0.05) is 0 Å². The fourth-order valence-corrected chi connectivity index (χ4v) is 2.91. The van der Waals surface area contributed by atoms with Gasteiger partial charge in [-0.25, -0.2) is 26.4 Å². The van der Waals surface area contributed by atoms with Crippen molar-refractivity contribution >= 4 is 25.7 Å².